The number of hydrogen-bond acceptors (Lipinski definition) is 5. The van der Waals surface area contributed by atoms with Crippen LogP contribution in [-0.2, 0) is 6.54 Å². The number of fused-ring (bicyclic) bond motifs is 1. The van der Waals surface area contributed by atoms with Crippen molar-refractivity contribution in [3.8, 4) is 16.9 Å². The van der Waals surface area contributed by atoms with Crippen molar-refractivity contribution in [1.82, 2.24) is 15.5 Å². The summed E-state index contributed by atoms with van der Waals surface area (Å²) < 4.78 is 18.8. The number of aromatic nitrogens is 2. The van der Waals surface area contributed by atoms with Gasteiger partial charge in [-0.2, -0.15) is 5.10 Å². The number of methoxy groups -OCH3 is 1. The Morgan fingerprint density at radius 3 is 2.58 bits per heavy atom. The number of carbonyl (C=O) groups excluding carboxylic acids is 2. The van der Waals surface area contributed by atoms with Crippen molar-refractivity contribution >= 4 is 28.4 Å². The number of halogens is 1. The van der Waals surface area contributed by atoms with Crippen molar-refractivity contribution in [3.05, 3.63) is 77.2 Å². The molecular formula is C27H26FN5O3. The van der Waals surface area contributed by atoms with Crippen molar-refractivity contribution in [1.29, 1.82) is 0 Å². The number of carbonyl (C=O) groups is 2. The standard InChI is InChI=1S/C27H26FN5O3/c1-36-23-9-8-18(28)12-20(23)27(35)30-14-16-4-6-17(7-5-16)19-13-22(33-10-2-3-11-33)21-15-31-32-25(21)24(19)26(29)34/h4-9,12-13,15H,2-3,10-11,14H2,1H3,(H2,29,34)(H,30,35)(H,31,32). The summed E-state index contributed by atoms with van der Waals surface area (Å²) in [5.74, 6) is -1.19. The molecule has 1 aliphatic heterocycles. The fourth-order valence-electron chi connectivity index (χ4n) is 4.73. The summed E-state index contributed by atoms with van der Waals surface area (Å²) in [7, 11) is 1.43. The number of rotatable bonds is 7. The maximum atomic E-state index is 13.6. The third-order valence-electron chi connectivity index (χ3n) is 6.53. The molecule has 0 saturated carbocycles. The average Bonchev–Trinajstić information content (AvgIpc) is 3.59. The first kappa shape index (κ1) is 23.3. The lowest BCUT2D eigenvalue weighted by atomic mass is 9.95. The normalized spacial score (nSPS) is 13.2. The molecule has 1 aliphatic rings. The highest BCUT2D eigenvalue weighted by Crippen LogP contribution is 2.37. The van der Waals surface area contributed by atoms with E-state index in [-0.39, 0.29) is 12.1 Å². The summed E-state index contributed by atoms with van der Waals surface area (Å²) in [4.78, 5) is 27.4. The zero-order chi connectivity index (χ0) is 25.2. The smallest absolute Gasteiger partial charge is 0.255 e. The number of hydrogen-bond donors (Lipinski definition) is 3. The van der Waals surface area contributed by atoms with Crippen LogP contribution in [0.5, 0.6) is 5.75 Å². The molecule has 1 aromatic heterocycles. The molecule has 0 bridgehead atoms. The van der Waals surface area contributed by atoms with Crippen LogP contribution in [0.4, 0.5) is 10.1 Å². The van der Waals surface area contributed by atoms with Gasteiger partial charge in [-0.05, 0) is 53.8 Å². The maximum Gasteiger partial charge on any atom is 0.255 e. The number of nitrogens with one attached hydrogen (secondary N) is 2. The van der Waals surface area contributed by atoms with Gasteiger partial charge in [-0.15, -0.1) is 0 Å². The molecule has 0 aliphatic carbocycles. The molecule has 4 aromatic rings. The zero-order valence-corrected chi connectivity index (χ0v) is 19.8. The summed E-state index contributed by atoms with van der Waals surface area (Å²) in [6, 6.07) is 13.3. The highest BCUT2D eigenvalue weighted by Gasteiger charge is 2.23. The Hall–Kier alpha value is -4.40. The van der Waals surface area contributed by atoms with Crippen molar-refractivity contribution in [2.24, 2.45) is 5.73 Å². The van der Waals surface area contributed by atoms with E-state index in [1.54, 1.807) is 6.20 Å². The van der Waals surface area contributed by atoms with Crippen LogP contribution in [0.3, 0.4) is 0 Å². The number of benzene rings is 3. The largest absolute Gasteiger partial charge is 0.496 e. The first-order valence-electron chi connectivity index (χ1n) is 11.7. The number of H-pyrrole nitrogens is 1. The van der Waals surface area contributed by atoms with Crippen LogP contribution in [0, 0.1) is 5.82 Å². The van der Waals surface area contributed by atoms with E-state index in [4.69, 9.17) is 10.5 Å². The zero-order valence-electron chi connectivity index (χ0n) is 19.8. The third-order valence-corrected chi connectivity index (χ3v) is 6.53. The molecule has 8 nitrogen and oxygen atoms in total. The number of nitrogens with two attached hydrogens (primary N) is 1. The minimum atomic E-state index is -0.535. The molecule has 36 heavy (non-hydrogen) atoms. The summed E-state index contributed by atoms with van der Waals surface area (Å²) >= 11 is 0. The lowest BCUT2D eigenvalue weighted by Crippen LogP contribution is -2.23. The fourth-order valence-corrected chi connectivity index (χ4v) is 4.73. The Labute approximate surface area is 207 Å². The fraction of sp³-hybridized carbons (Fsp3) is 0.222. The van der Waals surface area contributed by atoms with Gasteiger partial charge in [0.25, 0.3) is 11.8 Å². The molecular weight excluding hydrogens is 461 g/mol. The highest BCUT2D eigenvalue weighted by atomic mass is 19.1. The van der Waals surface area contributed by atoms with E-state index in [1.807, 2.05) is 30.3 Å². The predicted molar refractivity (Wildman–Crippen MR) is 136 cm³/mol. The number of anilines is 1. The molecule has 0 radical (unpaired) electrons. The SMILES string of the molecule is COc1ccc(F)cc1C(=O)NCc1ccc(-c2cc(N3CCCC3)c3cn[nH]c3c2C(N)=O)cc1. The van der Waals surface area contributed by atoms with Crippen LogP contribution < -0.4 is 20.7 Å². The molecule has 3 aromatic carbocycles. The first-order chi connectivity index (χ1) is 17.5. The van der Waals surface area contributed by atoms with Gasteiger partial charge in [0.2, 0.25) is 0 Å². The molecule has 4 N–H and O–H groups in total. The quantitative estimate of drug-likeness (QED) is 0.365. The number of amides is 2. The number of ether oxygens (including phenoxy) is 1. The van der Waals surface area contributed by atoms with Gasteiger partial charge >= 0.3 is 0 Å². The molecule has 0 atom stereocenters. The van der Waals surface area contributed by atoms with Crippen LogP contribution in [0.2, 0.25) is 0 Å². The Morgan fingerprint density at radius 1 is 1.14 bits per heavy atom. The lowest BCUT2D eigenvalue weighted by Gasteiger charge is -2.21. The van der Waals surface area contributed by atoms with Gasteiger partial charge in [0.15, 0.2) is 0 Å². The summed E-state index contributed by atoms with van der Waals surface area (Å²) in [6.45, 7) is 2.13. The van der Waals surface area contributed by atoms with Crippen molar-refractivity contribution < 1.29 is 18.7 Å². The van der Waals surface area contributed by atoms with Crippen LogP contribution in [0.15, 0.2) is 54.7 Å². The molecule has 1 fully saturated rings. The minimum Gasteiger partial charge on any atom is -0.496 e. The molecule has 0 unspecified atom stereocenters. The number of nitrogens with zero attached hydrogens (tertiary/aromatic N) is 2. The minimum absolute atomic E-state index is 0.127. The van der Waals surface area contributed by atoms with Crippen LogP contribution in [0.1, 0.15) is 39.1 Å². The van der Waals surface area contributed by atoms with Gasteiger partial charge in [0.1, 0.15) is 11.6 Å². The number of aromatic amines is 1. The van der Waals surface area contributed by atoms with Crippen molar-refractivity contribution in [3.63, 3.8) is 0 Å². The Kier molecular flexibility index (Phi) is 6.28. The van der Waals surface area contributed by atoms with E-state index >= 15 is 0 Å². The third kappa shape index (κ3) is 4.35. The van der Waals surface area contributed by atoms with Gasteiger partial charge in [-0.25, -0.2) is 4.39 Å². The lowest BCUT2D eigenvalue weighted by molar-refractivity contribution is 0.0946. The molecule has 184 valence electrons. The van der Waals surface area contributed by atoms with Crippen molar-refractivity contribution in [2.75, 3.05) is 25.1 Å². The molecule has 5 rings (SSSR count). The predicted octanol–water partition coefficient (Wildman–Crippen LogP) is 4.01. The first-order valence-corrected chi connectivity index (χ1v) is 11.7. The summed E-state index contributed by atoms with van der Waals surface area (Å²) in [5.41, 5.74) is 10.4. The molecule has 9 heteroatoms. The van der Waals surface area contributed by atoms with Gasteiger partial charge in [0, 0.05) is 30.7 Å². The van der Waals surface area contributed by atoms with Gasteiger partial charge in [-0.3, -0.25) is 14.7 Å². The molecule has 0 spiro atoms. The van der Waals surface area contributed by atoms with Crippen LogP contribution in [-0.4, -0.2) is 42.2 Å². The van der Waals surface area contributed by atoms with E-state index < -0.39 is 17.6 Å². The van der Waals surface area contributed by atoms with E-state index in [1.165, 1.54) is 19.2 Å². The van der Waals surface area contributed by atoms with E-state index in [0.29, 0.717) is 16.8 Å². The Morgan fingerprint density at radius 2 is 1.89 bits per heavy atom. The van der Waals surface area contributed by atoms with E-state index in [0.717, 1.165) is 59.8 Å². The molecule has 1 saturated heterocycles. The van der Waals surface area contributed by atoms with Crippen LogP contribution >= 0.6 is 0 Å². The topological polar surface area (TPSA) is 113 Å². The summed E-state index contributed by atoms with van der Waals surface area (Å²) in [5, 5.41) is 10.8. The second-order valence-corrected chi connectivity index (χ2v) is 8.76. The van der Waals surface area contributed by atoms with Gasteiger partial charge in [-0.1, -0.05) is 24.3 Å². The van der Waals surface area contributed by atoms with Gasteiger partial charge in [0.05, 0.1) is 30.0 Å². The van der Waals surface area contributed by atoms with E-state index in [9.17, 15) is 14.0 Å². The van der Waals surface area contributed by atoms with Gasteiger partial charge < -0.3 is 20.7 Å². The second-order valence-electron chi connectivity index (χ2n) is 8.76. The second kappa shape index (κ2) is 9.69. The van der Waals surface area contributed by atoms with Crippen molar-refractivity contribution in [2.45, 2.75) is 19.4 Å². The summed E-state index contributed by atoms with van der Waals surface area (Å²) in [6.07, 6.45) is 3.97. The van der Waals surface area contributed by atoms with Crippen LogP contribution in [0.25, 0.3) is 22.0 Å². The monoisotopic (exact) mass is 487 g/mol. The highest BCUT2D eigenvalue weighted by molar-refractivity contribution is 6.13. The average molecular weight is 488 g/mol. The maximum absolute atomic E-state index is 13.6. The Bertz CT molecular complexity index is 1440. The molecule has 2 amide bonds. The van der Waals surface area contributed by atoms with E-state index in [2.05, 4.69) is 20.4 Å². The molecule has 2 heterocycles. The number of primary amides is 1. The Balaban J connectivity index is 1.42.